The molecule has 2 heterocycles. The van der Waals surface area contributed by atoms with Crippen molar-refractivity contribution in [1.29, 1.82) is 0 Å². The van der Waals surface area contributed by atoms with Gasteiger partial charge in [0.1, 0.15) is 5.69 Å². The molecular weight excluding hydrogens is 325 g/mol. The largest absolute Gasteiger partial charge is 0.516 e. The first-order valence-electron chi connectivity index (χ1n) is 6.50. The lowest BCUT2D eigenvalue weighted by molar-refractivity contribution is -0.0446. The molecule has 7 nitrogen and oxygen atoms in total. The number of aryl methyl sites for hydroxylation is 1. The van der Waals surface area contributed by atoms with Crippen molar-refractivity contribution in [3.05, 3.63) is 17.5 Å². The number of alkyl halides is 3. The number of amides is 1. The van der Waals surface area contributed by atoms with Crippen LogP contribution in [0.2, 0.25) is 0 Å². The van der Waals surface area contributed by atoms with E-state index in [2.05, 4.69) is 10.4 Å². The zero-order valence-corrected chi connectivity index (χ0v) is 12.5. The van der Waals surface area contributed by atoms with E-state index in [-0.39, 0.29) is 11.6 Å². The minimum atomic E-state index is -5.73. The number of carbonyl (C=O) groups is 1. The van der Waals surface area contributed by atoms with Gasteiger partial charge in [0.2, 0.25) is 0 Å². The van der Waals surface area contributed by atoms with E-state index in [0.29, 0.717) is 12.2 Å². The van der Waals surface area contributed by atoms with E-state index in [1.54, 1.807) is 0 Å². The number of nitrogens with zero attached hydrogens (tertiary/aromatic N) is 2. The molecule has 1 saturated heterocycles. The van der Waals surface area contributed by atoms with Gasteiger partial charge in [0.05, 0.1) is 5.69 Å². The Morgan fingerprint density at radius 3 is 2.73 bits per heavy atom. The fourth-order valence-corrected chi connectivity index (χ4v) is 2.70. The normalized spacial score (nSPS) is 19.9. The molecule has 2 rings (SSSR count). The standard InChI is InChI=1S/C11H15F3N4O3S/c1-18-9(10(19)17-22(20,21)11(12,13)14)5-8(16-18)7-3-2-4-15-6-7/h5,7,15H,2-4,6H2,1H3,(H,17,19)/t7-/m1/s1. The second kappa shape index (κ2) is 5.88. The third kappa shape index (κ3) is 3.40. The van der Waals surface area contributed by atoms with Gasteiger partial charge in [0.15, 0.2) is 0 Å². The van der Waals surface area contributed by atoms with Crippen LogP contribution in [-0.2, 0) is 17.1 Å². The van der Waals surface area contributed by atoms with Crippen LogP contribution in [0.25, 0.3) is 0 Å². The highest BCUT2D eigenvalue weighted by molar-refractivity contribution is 7.90. The van der Waals surface area contributed by atoms with E-state index in [9.17, 15) is 26.4 Å². The highest BCUT2D eigenvalue weighted by Gasteiger charge is 2.47. The van der Waals surface area contributed by atoms with Crippen molar-refractivity contribution in [3.63, 3.8) is 0 Å². The fraction of sp³-hybridized carbons (Fsp3) is 0.636. The predicted molar refractivity (Wildman–Crippen MR) is 70.5 cm³/mol. The molecular formula is C11H15F3N4O3S. The molecule has 2 N–H and O–H groups in total. The molecule has 1 atom stereocenters. The molecule has 1 aromatic heterocycles. The monoisotopic (exact) mass is 340 g/mol. The highest BCUT2D eigenvalue weighted by atomic mass is 32.2. The van der Waals surface area contributed by atoms with Crippen LogP contribution in [0, 0.1) is 0 Å². The number of nitrogens with one attached hydrogen (secondary N) is 2. The van der Waals surface area contributed by atoms with Crippen LogP contribution in [0.1, 0.15) is 34.9 Å². The number of aromatic nitrogens is 2. The number of carbonyl (C=O) groups excluding carboxylic acids is 1. The van der Waals surface area contributed by atoms with Gasteiger partial charge in [0, 0.05) is 19.5 Å². The topological polar surface area (TPSA) is 93.1 Å². The molecule has 0 radical (unpaired) electrons. The summed E-state index contributed by atoms with van der Waals surface area (Å²) in [6.07, 6.45) is 1.76. The maximum absolute atomic E-state index is 12.3. The summed E-state index contributed by atoms with van der Waals surface area (Å²) in [6.45, 7) is 1.53. The average molecular weight is 340 g/mol. The first-order valence-corrected chi connectivity index (χ1v) is 7.98. The Morgan fingerprint density at radius 2 is 2.18 bits per heavy atom. The van der Waals surface area contributed by atoms with Crippen LogP contribution in [-0.4, -0.2) is 42.7 Å². The summed E-state index contributed by atoms with van der Waals surface area (Å²) in [7, 11) is -4.36. The Labute approximate surface area is 124 Å². The number of rotatable bonds is 3. The molecule has 1 aliphatic rings. The fourth-order valence-electron chi connectivity index (χ4n) is 2.24. The van der Waals surface area contributed by atoms with Crippen molar-refractivity contribution in [1.82, 2.24) is 19.8 Å². The second-order valence-corrected chi connectivity index (χ2v) is 6.68. The van der Waals surface area contributed by atoms with Crippen molar-refractivity contribution in [2.45, 2.75) is 24.3 Å². The van der Waals surface area contributed by atoms with Gasteiger partial charge in [-0.1, -0.05) is 0 Å². The Hall–Kier alpha value is -1.62. The van der Waals surface area contributed by atoms with Gasteiger partial charge in [0.25, 0.3) is 5.91 Å². The summed E-state index contributed by atoms with van der Waals surface area (Å²) in [4.78, 5) is 11.8. The number of piperidine rings is 1. The molecule has 0 aromatic carbocycles. The van der Waals surface area contributed by atoms with E-state index in [4.69, 9.17) is 0 Å². The minimum absolute atomic E-state index is 0.0423. The van der Waals surface area contributed by atoms with E-state index in [1.807, 2.05) is 0 Å². The molecule has 22 heavy (non-hydrogen) atoms. The minimum Gasteiger partial charge on any atom is -0.316 e. The van der Waals surface area contributed by atoms with Crippen molar-refractivity contribution in [3.8, 4) is 0 Å². The molecule has 0 bridgehead atoms. The predicted octanol–water partition coefficient (Wildman–Crippen LogP) is 0.466. The molecule has 0 spiro atoms. The third-order valence-corrected chi connectivity index (χ3v) is 4.44. The van der Waals surface area contributed by atoms with Gasteiger partial charge in [-0.15, -0.1) is 0 Å². The SMILES string of the molecule is Cn1nc([C@@H]2CCCNC2)cc1C(=O)NS(=O)(=O)C(F)(F)F. The molecule has 11 heteroatoms. The third-order valence-electron chi connectivity index (χ3n) is 3.38. The van der Waals surface area contributed by atoms with E-state index < -0.39 is 21.4 Å². The summed E-state index contributed by atoms with van der Waals surface area (Å²) in [5.74, 6) is -1.32. The summed E-state index contributed by atoms with van der Waals surface area (Å²) >= 11 is 0. The lowest BCUT2D eigenvalue weighted by Crippen LogP contribution is -2.40. The van der Waals surface area contributed by atoms with Crippen molar-refractivity contribution in [2.75, 3.05) is 13.1 Å². The van der Waals surface area contributed by atoms with Crippen molar-refractivity contribution >= 4 is 15.9 Å². The van der Waals surface area contributed by atoms with Gasteiger partial charge in [-0.2, -0.15) is 26.7 Å². The lowest BCUT2D eigenvalue weighted by atomic mass is 9.96. The van der Waals surface area contributed by atoms with Crippen LogP contribution < -0.4 is 10.0 Å². The summed E-state index contributed by atoms with van der Waals surface area (Å²) < 4.78 is 60.8. The maximum Gasteiger partial charge on any atom is 0.516 e. The zero-order chi connectivity index (χ0) is 16.5. The molecule has 0 aliphatic carbocycles. The van der Waals surface area contributed by atoms with E-state index in [0.717, 1.165) is 28.8 Å². The summed E-state index contributed by atoms with van der Waals surface area (Å²) in [5, 5.41) is 7.24. The van der Waals surface area contributed by atoms with Crippen LogP contribution in [0.15, 0.2) is 6.07 Å². The first kappa shape index (κ1) is 16.7. The van der Waals surface area contributed by atoms with Gasteiger partial charge >= 0.3 is 15.5 Å². The molecule has 1 aliphatic heterocycles. The molecule has 0 unspecified atom stereocenters. The quantitative estimate of drug-likeness (QED) is 0.834. The Morgan fingerprint density at radius 1 is 1.50 bits per heavy atom. The Bertz CT molecular complexity index is 663. The number of sulfonamides is 1. The van der Waals surface area contributed by atoms with Crippen LogP contribution in [0.5, 0.6) is 0 Å². The average Bonchev–Trinajstić information content (AvgIpc) is 2.80. The maximum atomic E-state index is 12.3. The van der Waals surface area contributed by atoms with Crippen LogP contribution >= 0.6 is 0 Å². The van der Waals surface area contributed by atoms with Crippen LogP contribution in [0.3, 0.4) is 0 Å². The lowest BCUT2D eigenvalue weighted by Gasteiger charge is -2.20. The number of hydrogen-bond acceptors (Lipinski definition) is 5. The molecule has 1 amide bonds. The molecule has 0 saturated carbocycles. The molecule has 124 valence electrons. The van der Waals surface area contributed by atoms with E-state index >= 15 is 0 Å². The summed E-state index contributed by atoms with van der Waals surface area (Å²) in [6, 6.07) is 1.32. The number of hydrogen-bond donors (Lipinski definition) is 2. The highest BCUT2D eigenvalue weighted by Crippen LogP contribution is 2.24. The number of halogens is 3. The van der Waals surface area contributed by atoms with Gasteiger partial charge in [-0.3, -0.25) is 9.48 Å². The zero-order valence-electron chi connectivity index (χ0n) is 11.6. The Balaban J connectivity index is 2.19. The van der Waals surface area contributed by atoms with Gasteiger partial charge in [-0.25, -0.2) is 4.72 Å². The van der Waals surface area contributed by atoms with E-state index in [1.165, 1.54) is 13.1 Å². The Kier molecular flexibility index (Phi) is 4.47. The molecule has 1 fully saturated rings. The van der Waals surface area contributed by atoms with Gasteiger partial charge < -0.3 is 5.32 Å². The first-order chi connectivity index (χ1) is 10.1. The smallest absolute Gasteiger partial charge is 0.316 e. The van der Waals surface area contributed by atoms with Crippen molar-refractivity contribution < 1.29 is 26.4 Å². The van der Waals surface area contributed by atoms with Crippen molar-refractivity contribution in [2.24, 2.45) is 7.05 Å². The van der Waals surface area contributed by atoms with Gasteiger partial charge in [-0.05, 0) is 25.5 Å². The van der Waals surface area contributed by atoms with Crippen LogP contribution in [0.4, 0.5) is 13.2 Å². The second-order valence-electron chi connectivity index (χ2n) is 5.00. The summed E-state index contributed by atoms with van der Waals surface area (Å²) in [5.41, 5.74) is -5.24. The molecule has 1 aromatic rings.